The third-order valence-electron chi connectivity index (χ3n) is 4.98. The van der Waals surface area contributed by atoms with Gasteiger partial charge < -0.3 is 4.74 Å². The standard InChI is InChI=1S/C20H29NO4S/c1-4-18(20(22)25-5-2)19(16-9-7-6-8-10-16)21(26(23)24)17-13-11-15(3)12-14-17/h4,11-14,16,19,26H,5-10H2,1-3H3. The fourth-order valence-electron chi connectivity index (χ4n) is 3.71. The number of allylic oxidation sites excluding steroid dienone is 1. The number of hydrogen-bond donors (Lipinski definition) is 1. The minimum Gasteiger partial charge on any atom is -0.463 e. The van der Waals surface area contributed by atoms with Gasteiger partial charge in [0.2, 0.25) is 10.9 Å². The Morgan fingerprint density at radius 1 is 1.23 bits per heavy atom. The van der Waals surface area contributed by atoms with E-state index in [9.17, 15) is 13.2 Å². The molecular formula is C20H29NO4S. The van der Waals surface area contributed by atoms with Crippen LogP contribution < -0.4 is 4.31 Å². The van der Waals surface area contributed by atoms with Crippen LogP contribution in [0.5, 0.6) is 0 Å². The van der Waals surface area contributed by atoms with Crippen LogP contribution >= 0.6 is 0 Å². The van der Waals surface area contributed by atoms with Gasteiger partial charge in [-0.3, -0.25) is 4.31 Å². The molecular weight excluding hydrogens is 350 g/mol. The number of hydrogen-bond acceptors (Lipinski definition) is 4. The predicted octanol–water partition coefficient (Wildman–Crippen LogP) is 3.79. The minimum absolute atomic E-state index is 0.105. The molecule has 1 saturated carbocycles. The highest BCUT2D eigenvalue weighted by atomic mass is 32.2. The van der Waals surface area contributed by atoms with E-state index in [0.29, 0.717) is 11.3 Å². The fourth-order valence-corrected chi connectivity index (χ4v) is 4.55. The van der Waals surface area contributed by atoms with E-state index < -0.39 is 22.9 Å². The molecule has 2 rings (SSSR count). The van der Waals surface area contributed by atoms with Crippen molar-refractivity contribution in [2.24, 2.45) is 5.92 Å². The van der Waals surface area contributed by atoms with Gasteiger partial charge in [-0.15, -0.1) is 0 Å². The van der Waals surface area contributed by atoms with E-state index in [-0.39, 0.29) is 12.5 Å². The second-order valence-electron chi connectivity index (χ2n) is 6.73. The summed E-state index contributed by atoms with van der Waals surface area (Å²) < 4.78 is 31.1. The van der Waals surface area contributed by atoms with Gasteiger partial charge in [-0.25, -0.2) is 13.2 Å². The highest BCUT2D eigenvalue weighted by molar-refractivity contribution is 7.74. The fraction of sp³-hybridized carbons (Fsp3) is 0.550. The quantitative estimate of drug-likeness (QED) is 0.445. The van der Waals surface area contributed by atoms with E-state index in [1.165, 1.54) is 4.31 Å². The third-order valence-corrected chi connectivity index (χ3v) is 5.81. The molecule has 5 nitrogen and oxygen atoms in total. The first-order valence-corrected chi connectivity index (χ1v) is 10.5. The van der Waals surface area contributed by atoms with E-state index in [0.717, 1.165) is 37.7 Å². The number of carbonyl (C=O) groups is 1. The lowest BCUT2D eigenvalue weighted by Crippen LogP contribution is -2.44. The first kappa shape index (κ1) is 20.5. The Morgan fingerprint density at radius 2 is 1.85 bits per heavy atom. The van der Waals surface area contributed by atoms with Gasteiger partial charge in [-0.1, -0.05) is 43.0 Å². The number of rotatable bonds is 7. The molecule has 6 heteroatoms. The molecule has 0 saturated heterocycles. The van der Waals surface area contributed by atoms with Crippen LogP contribution in [0.2, 0.25) is 0 Å². The van der Waals surface area contributed by atoms with E-state index in [1.54, 1.807) is 32.1 Å². The molecule has 1 unspecified atom stereocenters. The van der Waals surface area contributed by atoms with Gasteiger partial charge in [0, 0.05) is 0 Å². The van der Waals surface area contributed by atoms with E-state index in [1.807, 2.05) is 19.1 Å². The third kappa shape index (κ3) is 4.87. The van der Waals surface area contributed by atoms with Crippen molar-refractivity contribution < 1.29 is 17.9 Å². The number of ether oxygens (including phenoxy) is 1. The molecule has 0 aliphatic heterocycles. The Bertz CT molecular complexity index is 695. The zero-order valence-electron chi connectivity index (χ0n) is 15.8. The molecule has 1 atom stereocenters. The van der Waals surface area contributed by atoms with Crippen LogP contribution in [0.1, 0.15) is 51.5 Å². The van der Waals surface area contributed by atoms with Gasteiger partial charge in [0.15, 0.2) is 0 Å². The van der Waals surface area contributed by atoms with Crippen molar-refractivity contribution in [3.05, 3.63) is 41.5 Å². The van der Waals surface area contributed by atoms with Crippen LogP contribution in [-0.2, 0) is 20.4 Å². The molecule has 1 aromatic carbocycles. The van der Waals surface area contributed by atoms with Gasteiger partial charge in [0.1, 0.15) is 0 Å². The Hall–Kier alpha value is -1.82. The summed E-state index contributed by atoms with van der Waals surface area (Å²) in [6.45, 7) is 5.75. The summed E-state index contributed by atoms with van der Waals surface area (Å²) in [6.07, 6.45) is 6.79. The van der Waals surface area contributed by atoms with Gasteiger partial charge in [0.05, 0.1) is 23.9 Å². The highest BCUT2D eigenvalue weighted by Gasteiger charge is 2.36. The second kappa shape index (κ2) is 9.76. The molecule has 144 valence electrons. The average Bonchev–Trinajstić information content (AvgIpc) is 2.63. The smallest absolute Gasteiger partial charge is 0.335 e. The van der Waals surface area contributed by atoms with Crippen LogP contribution in [0, 0.1) is 12.8 Å². The Balaban J connectivity index is 2.51. The minimum atomic E-state index is -2.90. The SMILES string of the molecule is CC=C(C(=O)OCC)C(C1CCCCC1)N(c1ccc(C)cc1)[SH](=O)=O. The van der Waals surface area contributed by atoms with Crippen LogP contribution in [0.15, 0.2) is 35.9 Å². The lowest BCUT2D eigenvalue weighted by molar-refractivity contribution is -0.139. The second-order valence-corrected chi connectivity index (χ2v) is 7.63. The molecule has 0 aromatic heterocycles. The predicted molar refractivity (Wildman–Crippen MR) is 105 cm³/mol. The molecule has 1 fully saturated rings. The maximum atomic E-state index is 12.6. The zero-order valence-corrected chi connectivity index (χ0v) is 16.7. The number of benzene rings is 1. The van der Waals surface area contributed by atoms with Gasteiger partial charge in [0.25, 0.3) is 0 Å². The molecule has 0 radical (unpaired) electrons. The average molecular weight is 380 g/mol. The topological polar surface area (TPSA) is 63.7 Å². The summed E-state index contributed by atoms with van der Waals surface area (Å²) in [5, 5.41) is 0. The van der Waals surface area contributed by atoms with Crippen LogP contribution in [0.3, 0.4) is 0 Å². The van der Waals surface area contributed by atoms with Crippen molar-refractivity contribution in [3.63, 3.8) is 0 Å². The lowest BCUT2D eigenvalue weighted by atomic mass is 9.80. The van der Waals surface area contributed by atoms with E-state index in [2.05, 4.69) is 0 Å². The highest BCUT2D eigenvalue weighted by Crippen LogP contribution is 2.35. The van der Waals surface area contributed by atoms with Crippen molar-refractivity contribution in [1.82, 2.24) is 0 Å². The van der Waals surface area contributed by atoms with Crippen LogP contribution in [0.25, 0.3) is 0 Å². The summed E-state index contributed by atoms with van der Waals surface area (Å²) in [5.74, 6) is -0.326. The van der Waals surface area contributed by atoms with Crippen LogP contribution in [-0.4, -0.2) is 27.0 Å². The number of carbonyl (C=O) groups excluding carboxylic acids is 1. The molecule has 1 aromatic rings. The van der Waals surface area contributed by atoms with Crippen molar-refractivity contribution in [2.75, 3.05) is 10.9 Å². The first-order valence-electron chi connectivity index (χ1n) is 9.33. The summed E-state index contributed by atoms with van der Waals surface area (Å²) in [7, 11) is -2.90. The number of thiol groups is 1. The summed E-state index contributed by atoms with van der Waals surface area (Å²) in [4.78, 5) is 12.6. The number of aryl methyl sites for hydroxylation is 1. The molecule has 26 heavy (non-hydrogen) atoms. The molecule has 0 heterocycles. The van der Waals surface area contributed by atoms with Crippen LogP contribution in [0.4, 0.5) is 5.69 Å². The number of nitrogens with zero attached hydrogens (tertiary/aromatic N) is 1. The van der Waals surface area contributed by atoms with E-state index in [4.69, 9.17) is 4.74 Å². The Kier molecular flexibility index (Phi) is 7.69. The van der Waals surface area contributed by atoms with Crippen molar-refractivity contribution in [1.29, 1.82) is 0 Å². The zero-order chi connectivity index (χ0) is 19.1. The molecule has 1 aliphatic rings. The monoisotopic (exact) mass is 379 g/mol. The summed E-state index contributed by atoms with van der Waals surface area (Å²) >= 11 is 0. The normalized spacial score (nSPS) is 17.2. The van der Waals surface area contributed by atoms with Crippen molar-refractivity contribution >= 4 is 22.5 Å². The lowest BCUT2D eigenvalue weighted by Gasteiger charge is -2.37. The molecule has 0 bridgehead atoms. The van der Waals surface area contributed by atoms with Crippen molar-refractivity contribution in [2.45, 2.75) is 58.9 Å². The van der Waals surface area contributed by atoms with E-state index >= 15 is 0 Å². The van der Waals surface area contributed by atoms with Gasteiger partial charge in [-0.05, 0) is 51.7 Å². The number of esters is 1. The number of anilines is 1. The molecule has 0 N–H and O–H groups in total. The molecule has 0 amide bonds. The van der Waals surface area contributed by atoms with Gasteiger partial charge in [-0.2, -0.15) is 0 Å². The van der Waals surface area contributed by atoms with Gasteiger partial charge >= 0.3 is 5.97 Å². The van der Waals surface area contributed by atoms with Crippen molar-refractivity contribution in [3.8, 4) is 0 Å². The molecule has 1 aliphatic carbocycles. The largest absolute Gasteiger partial charge is 0.463 e. The Labute approximate surface area is 158 Å². The summed E-state index contributed by atoms with van der Waals surface area (Å²) in [6, 6.07) is 6.85. The molecule has 0 spiro atoms. The maximum Gasteiger partial charge on any atom is 0.335 e. The maximum absolute atomic E-state index is 12.6. The summed E-state index contributed by atoms with van der Waals surface area (Å²) in [5.41, 5.74) is 2.07. The Morgan fingerprint density at radius 3 is 2.35 bits per heavy atom. The first-order chi connectivity index (χ1) is 12.5.